The quantitative estimate of drug-likeness (QED) is 0.675. The maximum atomic E-state index is 11.2. The molecule has 12 heavy (non-hydrogen) atoms. The van der Waals surface area contributed by atoms with Crippen LogP contribution in [0.3, 0.4) is 0 Å². The van der Waals surface area contributed by atoms with Crippen LogP contribution in [0.4, 0.5) is 0 Å². The lowest BCUT2D eigenvalue weighted by atomic mass is 9.90. The lowest BCUT2D eigenvalue weighted by molar-refractivity contribution is -0.122. The summed E-state index contributed by atoms with van der Waals surface area (Å²) in [5.74, 6) is 1.34. The van der Waals surface area contributed by atoms with Gasteiger partial charge in [0.15, 0.2) is 0 Å². The van der Waals surface area contributed by atoms with Gasteiger partial charge in [0, 0.05) is 13.0 Å². The van der Waals surface area contributed by atoms with E-state index in [0.29, 0.717) is 18.3 Å². The minimum absolute atomic E-state index is 0.193. The minimum atomic E-state index is 0.193. The predicted molar refractivity (Wildman–Crippen MR) is 51.9 cm³/mol. The molecule has 0 aromatic rings. The molecule has 1 N–H and O–H groups in total. The van der Waals surface area contributed by atoms with Gasteiger partial charge >= 0.3 is 0 Å². The smallest absolute Gasteiger partial charge is 0.220 e. The Kier molecular flexibility index (Phi) is 5.77. The first-order valence-corrected chi connectivity index (χ1v) is 4.88. The maximum Gasteiger partial charge on any atom is 0.220 e. The van der Waals surface area contributed by atoms with Crippen LogP contribution in [0.1, 0.15) is 40.5 Å². The van der Waals surface area contributed by atoms with Crippen LogP contribution in [-0.2, 0) is 4.79 Å². The van der Waals surface area contributed by atoms with Crippen molar-refractivity contribution >= 4 is 5.91 Å². The second-order valence-corrected chi connectivity index (χ2v) is 3.57. The first-order valence-electron chi connectivity index (χ1n) is 4.88. The molecule has 2 heteroatoms. The molecule has 0 aromatic carbocycles. The van der Waals surface area contributed by atoms with Crippen molar-refractivity contribution in [2.75, 3.05) is 6.54 Å². The Hall–Kier alpha value is -0.530. The van der Waals surface area contributed by atoms with Gasteiger partial charge in [-0.15, -0.1) is 0 Å². The van der Waals surface area contributed by atoms with E-state index in [2.05, 4.69) is 26.1 Å². The van der Waals surface area contributed by atoms with Gasteiger partial charge in [0.2, 0.25) is 5.91 Å². The van der Waals surface area contributed by atoms with E-state index in [-0.39, 0.29) is 5.91 Å². The zero-order valence-electron chi connectivity index (χ0n) is 8.68. The van der Waals surface area contributed by atoms with Crippen LogP contribution in [0, 0.1) is 11.8 Å². The molecule has 0 saturated carbocycles. The summed E-state index contributed by atoms with van der Waals surface area (Å²) >= 11 is 0. The second kappa shape index (κ2) is 6.04. The van der Waals surface area contributed by atoms with Gasteiger partial charge in [0.25, 0.3) is 0 Å². The fourth-order valence-corrected chi connectivity index (χ4v) is 1.36. The summed E-state index contributed by atoms with van der Waals surface area (Å²) < 4.78 is 0. The second-order valence-electron chi connectivity index (χ2n) is 3.57. The molecule has 0 aromatic heterocycles. The summed E-state index contributed by atoms with van der Waals surface area (Å²) in [6.07, 6.45) is 1.77. The Morgan fingerprint density at radius 3 is 2.25 bits per heavy atom. The molecule has 2 nitrogen and oxygen atoms in total. The van der Waals surface area contributed by atoms with Crippen LogP contribution in [0.5, 0.6) is 0 Å². The molecule has 0 spiro atoms. The lowest BCUT2D eigenvalue weighted by Gasteiger charge is -2.17. The maximum absolute atomic E-state index is 11.2. The standard InChI is InChI=1S/C10H21NO/c1-5-9(8(3)4)7-10(12)11-6-2/h8-9H,5-7H2,1-4H3,(H,11,12). The first-order chi connectivity index (χ1) is 5.61. The molecule has 0 saturated heterocycles. The number of amides is 1. The normalized spacial score (nSPS) is 13.1. The van der Waals surface area contributed by atoms with Crippen molar-refractivity contribution in [1.82, 2.24) is 5.32 Å². The topological polar surface area (TPSA) is 29.1 Å². The van der Waals surface area contributed by atoms with E-state index in [9.17, 15) is 4.79 Å². The molecule has 1 amide bonds. The van der Waals surface area contributed by atoms with Crippen LogP contribution in [0.25, 0.3) is 0 Å². The first kappa shape index (κ1) is 11.5. The Labute approximate surface area is 75.7 Å². The monoisotopic (exact) mass is 171 g/mol. The summed E-state index contributed by atoms with van der Waals surface area (Å²) in [4.78, 5) is 11.2. The summed E-state index contributed by atoms with van der Waals surface area (Å²) in [6, 6.07) is 0. The van der Waals surface area contributed by atoms with Crippen molar-refractivity contribution < 1.29 is 4.79 Å². The van der Waals surface area contributed by atoms with E-state index < -0.39 is 0 Å². The molecular formula is C10H21NO. The Morgan fingerprint density at radius 2 is 1.92 bits per heavy atom. The third-order valence-corrected chi connectivity index (χ3v) is 2.29. The van der Waals surface area contributed by atoms with E-state index in [4.69, 9.17) is 0 Å². The molecule has 0 heterocycles. The van der Waals surface area contributed by atoms with E-state index in [0.717, 1.165) is 13.0 Å². The van der Waals surface area contributed by atoms with Crippen LogP contribution < -0.4 is 5.32 Å². The molecule has 1 unspecified atom stereocenters. The van der Waals surface area contributed by atoms with Crippen molar-refractivity contribution in [2.24, 2.45) is 11.8 Å². The fourth-order valence-electron chi connectivity index (χ4n) is 1.36. The molecule has 72 valence electrons. The van der Waals surface area contributed by atoms with Gasteiger partial charge in [0.1, 0.15) is 0 Å². The number of hydrogen-bond donors (Lipinski definition) is 1. The number of carbonyl (C=O) groups excluding carboxylic acids is 1. The lowest BCUT2D eigenvalue weighted by Crippen LogP contribution is -2.26. The molecule has 0 aliphatic heterocycles. The van der Waals surface area contributed by atoms with Gasteiger partial charge < -0.3 is 5.32 Å². The van der Waals surface area contributed by atoms with Gasteiger partial charge in [-0.05, 0) is 18.8 Å². The highest BCUT2D eigenvalue weighted by Crippen LogP contribution is 2.18. The molecule has 0 aliphatic rings. The van der Waals surface area contributed by atoms with E-state index in [1.807, 2.05) is 6.92 Å². The van der Waals surface area contributed by atoms with Gasteiger partial charge in [-0.3, -0.25) is 4.79 Å². The zero-order valence-corrected chi connectivity index (χ0v) is 8.68. The molecule has 0 fully saturated rings. The third kappa shape index (κ3) is 4.37. The zero-order chi connectivity index (χ0) is 9.56. The highest BCUT2D eigenvalue weighted by atomic mass is 16.1. The van der Waals surface area contributed by atoms with Crippen molar-refractivity contribution in [3.8, 4) is 0 Å². The number of rotatable bonds is 5. The van der Waals surface area contributed by atoms with E-state index in [1.54, 1.807) is 0 Å². The number of carbonyl (C=O) groups is 1. The number of nitrogens with one attached hydrogen (secondary N) is 1. The largest absolute Gasteiger partial charge is 0.356 e. The predicted octanol–water partition coefficient (Wildman–Crippen LogP) is 2.19. The van der Waals surface area contributed by atoms with Gasteiger partial charge in [0.05, 0.1) is 0 Å². The van der Waals surface area contributed by atoms with Gasteiger partial charge in [-0.1, -0.05) is 27.2 Å². The van der Waals surface area contributed by atoms with Crippen LogP contribution >= 0.6 is 0 Å². The summed E-state index contributed by atoms with van der Waals surface area (Å²) in [6.45, 7) is 9.19. The van der Waals surface area contributed by atoms with E-state index >= 15 is 0 Å². The van der Waals surface area contributed by atoms with Gasteiger partial charge in [-0.2, -0.15) is 0 Å². The van der Waals surface area contributed by atoms with Crippen molar-refractivity contribution in [3.63, 3.8) is 0 Å². The Balaban J connectivity index is 3.77. The highest BCUT2D eigenvalue weighted by Gasteiger charge is 2.14. The van der Waals surface area contributed by atoms with Crippen LogP contribution in [0.2, 0.25) is 0 Å². The molecule has 1 atom stereocenters. The third-order valence-electron chi connectivity index (χ3n) is 2.29. The van der Waals surface area contributed by atoms with Crippen LogP contribution in [0.15, 0.2) is 0 Å². The van der Waals surface area contributed by atoms with Crippen molar-refractivity contribution in [1.29, 1.82) is 0 Å². The average Bonchev–Trinajstić information content (AvgIpc) is 2.00. The minimum Gasteiger partial charge on any atom is -0.356 e. The summed E-state index contributed by atoms with van der Waals surface area (Å²) in [7, 11) is 0. The molecule has 0 aliphatic carbocycles. The molecule has 0 bridgehead atoms. The SMILES string of the molecule is CCNC(=O)CC(CC)C(C)C. The summed E-state index contributed by atoms with van der Waals surface area (Å²) in [5.41, 5.74) is 0. The molecule has 0 radical (unpaired) electrons. The summed E-state index contributed by atoms with van der Waals surface area (Å²) in [5, 5.41) is 2.83. The van der Waals surface area contributed by atoms with Gasteiger partial charge in [-0.25, -0.2) is 0 Å². The van der Waals surface area contributed by atoms with E-state index in [1.165, 1.54) is 0 Å². The Morgan fingerprint density at radius 1 is 1.33 bits per heavy atom. The average molecular weight is 171 g/mol. The number of hydrogen-bond acceptors (Lipinski definition) is 1. The molecule has 0 rings (SSSR count). The molecular weight excluding hydrogens is 150 g/mol. The van der Waals surface area contributed by atoms with Crippen LogP contribution in [-0.4, -0.2) is 12.5 Å². The van der Waals surface area contributed by atoms with Crippen molar-refractivity contribution in [2.45, 2.75) is 40.5 Å². The van der Waals surface area contributed by atoms with Crippen molar-refractivity contribution in [3.05, 3.63) is 0 Å². The Bertz CT molecular complexity index is 132. The fraction of sp³-hybridized carbons (Fsp3) is 0.900. The highest BCUT2D eigenvalue weighted by molar-refractivity contribution is 5.76.